The van der Waals surface area contributed by atoms with Gasteiger partial charge in [-0.05, 0) is 30.2 Å². The Kier molecular flexibility index (Phi) is 6.44. The van der Waals surface area contributed by atoms with Crippen molar-refractivity contribution >= 4 is 5.96 Å². The number of halogens is 3. The minimum atomic E-state index is -4.31. The Labute approximate surface area is 145 Å². The monoisotopic (exact) mass is 353 g/mol. The van der Waals surface area contributed by atoms with E-state index in [1.165, 1.54) is 12.1 Å². The van der Waals surface area contributed by atoms with Crippen LogP contribution in [0.25, 0.3) is 0 Å². The summed E-state index contributed by atoms with van der Waals surface area (Å²) in [6, 6.07) is 7.06. The number of alkyl halides is 3. The van der Waals surface area contributed by atoms with Gasteiger partial charge >= 0.3 is 6.18 Å². The van der Waals surface area contributed by atoms with Crippen molar-refractivity contribution in [2.24, 2.45) is 4.99 Å². The molecule has 2 aromatic rings. The SMILES string of the molecule is CN=C(NCCCn1cccn1)N(C)Cc1ccc(C(F)(F)F)cc1. The second-order valence-electron chi connectivity index (χ2n) is 5.65. The molecule has 0 amide bonds. The average molecular weight is 353 g/mol. The molecular formula is C17H22F3N5. The Morgan fingerprint density at radius 3 is 2.56 bits per heavy atom. The maximum Gasteiger partial charge on any atom is 0.416 e. The van der Waals surface area contributed by atoms with Gasteiger partial charge in [-0.25, -0.2) is 0 Å². The molecule has 8 heteroatoms. The number of benzene rings is 1. The van der Waals surface area contributed by atoms with Gasteiger partial charge in [0, 0.05) is 46.1 Å². The Bertz CT molecular complexity index is 663. The molecule has 0 aliphatic heterocycles. The first kappa shape index (κ1) is 18.8. The lowest BCUT2D eigenvalue weighted by Gasteiger charge is -2.22. The van der Waals surface area contributed by atoms with Gasteiger partial charge in [-0.2, -0.15) is 18.3 Å². The minimum absolute atomic E-state index is 0.469. The number of guanidine groups is 1. The molecule has 0 bridgehead atoms. The summed E-state index contributed by atoms with van der Waals surface area (Å²) in [7, 11) is 3.53. The van der Waals surface area contributed by atoms with Crippen molar-refractivity contribution in [3.05, 3.63) is 53.9 Å². The van der Waals surface area contributed by atoms with Crippen LogP contribution in [0.5, 0.6) is 0 Å². The normalized spacial score (nSPS) is 12.3. The topological polar surface area (TPSA) is 45.5 Å². The number of nitrogens with zero attached hydrogens (tertiary/aromatic N) is 4. The van der Waals surface area contributed by atoms with Gasteiger partial charge in [-0.15, -0.1) is 0 Å². The molecule has 0 aliphatic rings. The zero-order valence-electron chi connectivity index (χ0n) is 14.3. The van der Waals surface area contributed by atoms with Gasteiger partial charge < -0.3 is 10.2 Å². The first-order chi connectivity index (χ1) is 11.9. The molecule has 0 radical (unpaired) electrons. The zero-order chi connectivity index (χ0) is 18.3. The van der Waals surface area contributed by atoms with Gasteiger partial charge in [0.1, 0.15) is 0 Å². The lowest BCUT2D eigenvalue weighted by atomic mass is 10.1. The number of rotatable bonds is 6. The van der Waals surface area contributed by atoms with Gasteiger partial charge in [0.2, 0.25) is 0 Å². The molecule has 0 spiro atoms. The van der Waals surface area contributed by atoms with Crippen LogP contribution in [0.2, 0.25) is 0 Å². The van der Waals surface area contributed by atoms with E-state index in [2.05, 4.69) is 15.4 Å². The highest BCUT2D eigenvalue weighted by atomic mass is 19.4. The fourth-order valence-electron chi connectivity index (χ4n) is 2.41. The molecule has 25 heavy (non-hydrogen) atoms. The Morgan fingerprint density at radius 2 is 2.00 bits per heavy atom. The molecule has 1 aromatic carbocycles. The predicted molar refractivity (Wildman–Crippen MR) is 91.1 cm³/mol. The van der Waals surface area contributed by atoms with Gasteiger partial charge in [0.25, 0.3) is 0 Å². The van der Waals surface area contributed by atoms with E-state index in [0.29, 0.717) is 12.5 Å². The van der Waals surface area contributed by atoms with Gasteiger partial charge in [-0.3, -0.25) is 9.67 Å². The summed E-state index contributed by atoms with van der Waals surface area (Å²) in [6.07, 6.45) is 0.223. The van der Waals surface area contributed by atoms with Crippen molar-refractivity contribution in [1.29, 1.82) is 0 Å². The molecule has 5 nitrogen and oxygen atoms in total. The van der Waals surface area contributed by atoms with E-state index in [9.17, 15) is 13.2 Å². The van der Waals surface area contributed by atoms with Crippen LogP contribution < -0.4 is 5.32 Å². The van der Waals surface area contributed by atoms with Gasteiger partial charge in [-0.1, -0.05) is 12.1 Å². The number of hydrogen-bond donors (Lipinski definition) is 1. The quantitative estimate of drug-likeness (QED) is 0.493. The standard InChI is InChI=1S/C17H22F3N5/c1-21-16(22-9-3-11-25-12-4-10-23-25)24(2)13-14-5-7-15(8-6-14)17(18,19)20/h4-8,10,12H,3,9,11,13H2,1-2H3,(H,21,22). The van der Waals surface area contributed by atoms with E-state index >= 15 is 0 Å². The smallest absolute Gasteiger partial charge is 0.356 e. The van der Waals surface area contributed by atoms with Crippen LogP contribution in [-0.2, 0) is 19.3 Å². The summed E-state index contributed by atoms with van der Waals surface area (Å²) in [6.45, 7) is 2.00. The lowest BCUT2D eigenvalue weighted by Crippen LogP contribution is -2.39. The van der Waals surface area contributed by atoms with E-state index < -0.39 is 11.7 Å². The van der Waals surface area contributed by atoms with Crippen LogP contribution in [-0.4, -0.2) is 41.3 Å². The summed E-state index contributed by atoms with van der Waals surface area (Å²) in [4.78, 5) is 6.08. The number of aliphatic imine (C=N–C) groups is 1. The zero-order valence-corrected chi connectivity index (χ0v) is 14.3. The van der Waals surface area contributed by atoms with Crippen LogP contribution in [0.1, 0.15) is 17.5 Å². The lowest BCUT2D eigenvalue weighted by molar-refractivity contribution is -0.137. The molecule has 1 heterocycles. The van der Waals surface area contributed by atoms with Gasteiger partial charge in [0.05, 0.1) is 5.56 Å². The second kappa shape index (κ2) is 8.55. The first-order valence-electron chi connectivity index (χ1n) is 7.95. The molecule has 0 unspecified atom stereocenters. The fraction of sp³-hybridized carbons (Fsp3) is 0.412. The molecule has 0 saturated heterocycles. The summed E-state index contributed by atoms with van der Waals surface area (Å²) >= 11 is 0. The van der Waals surface area contributed by atoms with Crippen LogP contribution in [0.3, 0.4) is 0 Å². The molecule has 136 valence electrons. The highest BCUT2D eigenvalue weighted by Gasteiger charge is 2.29. The fourth-order valence-corrected chi connectivity index (χ4v) is 2.41. The summed E-state index contributed by atoms with van der Waals surface area (Å²) < 4.78 is 39.6. The second-order valence-corrected chi connectivity index (χ2v) is 5.65. The largest absolute Gasteiger partial charge is 0.416 e. The van der Waals surface area contributed by atoms with Crippen molar-refractivity contribution in [2.75, 3.05) is 20.6 Å². The van der Waals surface area contributed by atoms with Crippen molar-refractivity contribution in [1.82, 2.24) is 20.0 Å². The highest BCUT2D eigenvalue weighted by Crippen LogP contribution is 2.29. The average Bonchev–Trinajstić information content (AvgIpc) is 3.08. The Balaban J connectivity index is 1.81. The van der Waals surface area contributed by atoms with E-state index in [1.807, 2.05) is 28.9 Å². The molecule has 1 aromatic heterocycles. The molecule has 1 N–H and O–H groups in total. The summed E-state index contributed by atoms with van der Waals surface area (Å²) in [5.41, 5.74) is 0.148. The highest BCUT2D eigenvalue weighted by molar-refractivity contribution is 5.79. The maximum atomic E-state index is 12.6. The van der Waals surface area contributed by atoms with E-state index in [4.69, 9.17) is 0 Å². The van der Waals surface area contributed by atoms with Gasteiger partial charge in [0.15, 0.2) is 5.96 Å². The number of aromatic nitrogens is 2. The third-order valence-electron chi connectivity index (χ3n) is 3.68. The third-order valence-corrected chi connectivity index (χ3v) is 3.68. The molecule has 2 rings (SSSR count). The molecule has 0 aliphatic carbocycles. The first-order valence-corrected chi connectivity index (χ1v) is 7.95. The molecule has 0 atom stereocenters. The van der Waals surface area contributed by atoms with E-state index in [1.54, 1.807) is 13.2 Å². The van der Waals surface area contributed by atoms with Crippen LogP contribution in [0.15, 0.2) is 47.7 Å². The van der Waals surface area contributed by atoms with Crippen LogP contribution in [0.4, 0.5) is 13.2 Å². The van der Waals surface area contributed by atoms with Crippen LogP contribution >= 0.6 is 0 Å². The van der Waals surface area contributed by atoms with Crippen molar-refractivity contribution in [3.63, 3.8) is 0 Å². The van der Waals surface area contributed by atoms with Crippen molar-refractivity contribution < 1.29 is 13.2 Å². The molecule has 0 fully saturated rings. The maximum absolute atomic E-state index is 12.6. The summed E-state index contributed by atoms with van der Waals surface area (Å²) in [5, 5.41) is 7.38. The van der Waals surface area contributed by atoms with Crippen LogP contribution in [0, 0.1) is 0 Å². The Morgan fingerprint density at radius 1 is 1.28 bits per heavy atom. The van der Waals surface area contributed by atoms with E-state index in [0.717, 1.165) is 37.2 Å². The molecule has 0 saturated carbocycles. The number of aryl methyl sites for hydroxylation is 1. The van der Waals surface area contributed by atoms with Crippen molar-refractivity contribution in [2.45, 2.75) is 25.7 Å². The number of hydrogen-bond acceptors (Lipinski definition) is 2. The Hall–Kier alpha value is -2.51. The van der Waals surface area contributed by atoms with Crippen molar-refractivity contribution in [3.8, 4) is 0 Å². The minimum Gasteiger partial charge on any atom is -0.356 e. The predicted octanol–water partition coefficient (Wildman–Crippen LogP) is 3.00. The molecular weight excluding hydrogens is 331 g/mol. The summed E-state index contributed by atoms with van der Waals surface area (Å²) in [5.74, 6) is 0.695. The number of nitrogens with one attached hydrogen (secondary N) is 1. The third kappa shape index (κ3) is 5.81. The van der Waals surface area contributed by atoms with E-state index in [-0.39, 0.29) is 0 Å².